The van der Waals surface area contributed by atoms with Crippen LogP contribution in [0.4, 0.5) is 0 Å². The van der Waals surface area contributed by atoms with Crippen LogP contribution >= 0.6 is 0 Å². The molecular weight excluding hydrogens is 356 g/mol. The summed E-state index contributed by atoms with van der Waals surface area (Å²) >= 11 is 0. The van der Waals surface area contributed by atoms with Gasteiger partial charge in [0.25, 0.3) is 11.8 Å². The normalized spacial score (nSPS) is 18.2. The van der Waals surface area contributed by atoms with Gasteiger partial charge in [-0.1, -0.05) is 30.3 Å². The van der Waals surface area contributed by atoms with Gasteiger partial charge in [0.1, 0.15) is 5.60 Å². The average Bonchev–Trinajstić information content (AvgIpc) is 3.15. The first-order valence-corrected chi connectivity index (χ1v) is 9.35. The van der Waals surface area contributed by atoms with Gasteiger partial charge in [0.15, 0.2) is 0 Å². The summed E-state index contributed by atoms with van der Waals surface area (Å²) in [5.41, 5.74) is 5.11. The number of amides is 2. The van der Waals surface area contributed by atoms with Crippen molar-refractivity contribution in [3.63, 3.8) is 0 Å². The maximum Gasteiger partial charge on any atom is 0.339 e. The molecule has 1 unspecified atom stereocenters. The molecule has 2 aliphatic rings. The third kappa shape index (κ3) is 3.10. The Hall–Kier alpha value is -2.99. The highest BCUT2D eigenvalue weighted by atomic mass is 16.6. The standard InChI is InChI=1S/C22H22N2O4/c1-22(2,3)28-21(27)16-10-6-9-15-18(16)20(26)24(19(15)25)23-17-12-11-13-7-4-5-8-14(13)17/h4-10,17,23H,11-12H2,1-3H3. The molecule has 2 aromatic carbocycles. The zero-order chi connectivity index (χ0) is 20.1. The van der Waals surface area contributed by atoms with E-state index in [1.165, 1.54) is 11.6 Å². The number of esters is 1. The van der Waals surface area contributed by atoms with E-state index in [-0.39, 0.29) is 22.7 Å². The maximum atomic E-state index is 13.0. The molecule has 4 rings (SSSR count). The Kier molecular flexibility index (Phi) is 4.31. The monoisotopic (exact) mass is 378 g/mol. The van der Waals surface area contributed by atoms with E-state index in [1.54, 1.807) is 32.9 Å². The van der Waals surface area contributed by atoms with Crippen LogP contribution in [0.15, 0.2) is 42.5 Å². The zero-order valence-corrected chi connectivity index (χ0v) is 16.1. The van der Waals surface area contributed by atoms with Gasteiger partial charge in [0.2, 0.25) is 0 Å². The lowest BCUT2D eigenvalue weighted by Crippen LogP contribution is -2.44. The molecule has 0 aromatic heterocycles. The number of hydrogen-bond donors (Lipinski definition) is 1. The minimum atomic E-state index is -0.697. The van der Waals surface area contributed by atoms with Gasteiger partial charge in [-0.15, -0.1) is 0 Å². The lowest BCUT2D eigenvalue weighted by molar-refractivity contribution is 0.00665. The second-order valence-corrected chi connectivity index (χ2v) is 8.09. The topological polar surface area (TPSA) is 75.7 Å². The Bertz CT molecular complexity index is 990. The van der Waals surface area contributed by atoms with Crippen LogP contribution in [0.5, 0.6) is 0 Å². The van der Waals surface area contributed by atoms with Crippen molar-refractivity contribution in [1.82, 2.24) is 10.4 Å². The molecule has 1 atom stereocenters. The van der Waals surface area contributed by atoms with Gasteiger partial charge in [-0.25, -0.2) is 15.2 Å². The third-order valence-electron chi connectivity index (χ3n) is 4.95. The van der Waals surface area contributed by atoms with E-state index < -0.39 is 23.4 Å². The molecule has 0 fully saturated rings. The van der Waals surface area contributed by atoms with Crippen molar-refractivity contribution in [3.8, 4) is 0 Å². The molecular formula is C22H22N2O4. The Labute approximate surface area is 163 Å². The fourth-order valence-electron chi connectivity index (χ4n) is 3.75. The number of nitrogens with one attached hydrogen (secondary N) is 1. The molecule has 144 valence electrons. The number of fused-ring (bicyclic) bond motifs is 2. The summed E-state index contributed by atoms with van der Waals surface area (Å²) in [6.45, 7) is 5.27. The molecule has 6 heteroatoms. The van der Waals surface area contributed by atoms with Crippen LogP contribution < -0.4 is 5.43 Å². The van der Waals surface area contributed by atoms with Crippen LogP contribution in [0, 0.1) is 0 Å². The molecule has 0 saturated carbocycles. The van der Waals surface area contributed by atoms with Crippen LogP contribution in [0.2, 0.25) is 0 Å². The van der Waals surface area contributed by atoms with E-state index in [4.69, 9.17) is 4.74 Å². The minimum Gasteiger partial charge on any atom is -0.456 e. The number of rotatable bonds is 3. The maximum absolute atomic E-state index is 13.0. The quantitative estimate of drug-likeness (QED) is 0.654. The third-order valence-corrected chi connectivity index (χ3v) is 4.95. The number of hydrazine groups is 1. The molecule has 1 heterocycles. The number of aryl methyl sites for hydroxylation is 1. The van der Waals surface area contributed by atoms with Crippen molar-refractivity contribution >= 4 is 17.8 Å². The van der Waals surface area contributed by atoms with Gasteiger partial charge in [-0.05, 0) is 56.9 Å². The number of ether oxygens (including phenoxy) is 1. The average molecular weight is 378 g/mol. The van der Waals surface area contributed by atoms with Gasteiger partial charge >= 0.3 is 5.97 Å². The summed E-state index contributed by atoms with van der Waals surface area (Å²) in [6, 6.07) is 12.5. The van der Waals surface area contributed by atoms with Gasteiger partial charge in [-0.2, -0.15) is 0 Å². The summed E-state index contributed by atoms with van der Waals surface area (Å²) in [4.78, 5) is 38.5. The first-order valence-electron chi connectivity index (χ1n) is 9.35. The first-order chi connectivity index (χ1) is 13.3. The molecule has 0 radical (unpaired) electrons. The lowest BCUT2D eigenvalue weighted by Gasteiger charge is -2.22. The van der Waals surface area contributed by atoms with Crippen molar-refractivity contribution in [2.75, 3.05) is 0 Å². The van der Waals surface area contributed by atoms with Gasteiger partial charge in [0.05, 0.1) is 22.7 Å². The Morgan fingerprint density at radius 2 is 1.82 bits per heavy atom. The summed E-state index contributed by atoms with van der Waals surface area (Å²) in [5.74, 6) is -1.58. The molecule has 1 aliphatic carbocycles. The zero-order valence-electron chi connectivity index (χ0n) is 16.1. The largest absolute Gasteiger partial charge is 0.456 e. The molecule has 1 aliphatic heterocycles. The molecule has 1 N–H and O–H groups in total. The number of nitrogens with zero attached hydrogens (tertiary/aromatic N) is 1. The summed E-state index contributed by atoms with van der Waals surface area (Å²) in [6.07, 6.45) is 1.69. The van der Waals surface area contributed by atoms with Crippen molar-refractivity contribution < 1.29 is 19.1 Å². The molecule has 0 spiro atoms. The summed E-state index contributed by atoms with van der Waals surface area (Å²) in [5, 5.41) is 1.03. The summed E-state index contributed by atoms with van der Waals surface area (Å²) in [7, 11) is 0. The van der Waals surface area contributed by atoms with Gasteiger partial charge < -0.3 is 4.74 Å². The Balaban J connectivity index is 1.63. The first kappa shape index (κ1) is 18.4. The highest BCUT2D eigenvalue weighted by Gasteiger charge is 2.41. The molecule has 2 aromatic rings. The summed E-state index contributed by atoms with van der Waals surface area (Å²) < 4.78 is 5.41. The predicted octanol–water partition coefficient (Wildman–Crippen LogP) is 3.43. The van der Waals surface area contributed by atoms with E-state index in [0.717, 1.165) is 23.4 Å². The molecule has 2 amide bonds. The predicted molar refractivity (Wildman–Crippen MR) is 103 cm³/mol. The molecule has 28 heavy (non-hydrogen) atoms. The molecule has 0 bridgehead atoms. The molecule has 6 nitrogen and oxygen atoms in total. The lowest BCUT2D eigenvalue weighted by atomic mass is 10.0. The van der Waals surface area contributed by atoms with Crippen LogP contribution in [0.25, 0.3) is 0 Å². The smallest absolute Gasteiger partial charge is 0.339 e. The minimum absolute atomic E-state index is 0.0977. The van der Waals surface area contributed by atoms with E-state index in [2.05, 4.69) is 11.5 Å². The number of benzene rings is 2. The number of hydrogen-bond acceptors (Lipinski definition) is 5. The highest BCUT2D eigenvalue weighted by molar-refractivity contribution is 6.24. The Morgan fingerprint density at radius 3 is 2.57 bits per heavy atom. The number of carbonyl (C=O) groups is 3. The van der Waals surface area contributed by atoms with E-state index in [1.807, 2.05) is 18.2 Å². The van der Waals surface area contributed by atoms with E-state index >= 15 is 0 Å². The Morgan fingerprint density at radius 1 is 1.07 bits per heavy atom. The van der Waals surface area contributed by atoms with Crippen molar-refractivity contribution in [2.24, 2.45) is 0 Å². The molecule has 0 saturated heterocycles. The van der Waals surface area contributed by atoms with Gasteiger partial charge in [0, 0.05) is 0 Å². The van der Waals surface area contributed by atoms with E-state index in [9.17, 15) is 14.4 Å². The second kappa shape index (κ2) is 6.56. The van der Waals surface area contributed by atoms with Crippen LogP contribution in [-0.4, -0.2) is 28.4 Å². The van der Waals surface area contributed by atoms with Crippen LogP contribution in [0.3, 0.4) is 0 Å². The van der Waals surface area contributed by atoms with E-state index in [0.29, 0.717) is 0 Å². The van der Waals surface area contributed by atoms with Crippen molar-refractivity contribution in [1.29, 1.82) is 0 Å². The SMILES string of the molecule is CC(C)(C)OC(=O)c1cccc2c1C(=O)N(NC1CCc3ccccc31)C2=O. The second-order valence-electron chi connectivity index (χ2n) is 8.09. The fourth-order valence-corrected chi connectivity index (χ4v) is 3.75. The highest BCUT2D eigenvalue weighted by Crippen LogP contribution is 2.33. The van der Waals surface area contributed by atoms with Crippen LogP contribution in [0.1, 0.15) is 75.4 Å². The van der Waals surface area contributed by atoms with Crippen molar-refractivity contribution in [2.45, 2.75) is 45.3 Å². The number of imide groups is 1. The van der Waals surface area contributed by atoms with Crippen molar-refractivity contribution in [3.05, 3.63) is 70.3 Å². The van der Waals surface area contributed by atoms with Gasteiger partial charge in [-0.3, -0.25) is 9.59 Å². The van der Waals surface area contributed by atoms with Crippen LogP contribution in [-0.2, 0) is 11.2 Å². The number of carbonyl (C=O) groups excluding carboxylic acids is 3. The fraction of sp³-hybridized carbons (Fsp3) is 0.318.